The van der Waals surface area contributed by atoms with Crippen LogP contribution in [0.3, 0.4) is 0 Å². The molecule has 1 amide bonds. The highest BCUT2D eigenvalue weighted by atomic mass is 16.5. The molecule has 0 heterocycles. The van der Waals surface area contributed by atoms with Crippen molar-refractivity contribution in [3.8, 4) is 0 Å². The van der Waals surface area contributed by atoms with E-state index in [1.54, 1.807) is 7.11 Å². The van der Waals surface area contributed by atoms with Crippen molar-refractivity contribution < 1.29 is 9.53 Å². The number of nitrogens with one attached hydrogen (secondary N) is 1. The summed E-state index contributed by atoms with van der Waals surface area (Å²) >= 11 is 0. The van der Waals surface area contributed by atoms with Crippen LogP contribution in [0.25, 0.3) is 0 Å². The largest absolute Gasteiger partial charge is 0.385 e. The van der Waals surface area contributed by atoms with Gasteiger partial charge in [-0.1, -0.05) is 20.8 Å². The van der Waals surface area contributed by atoms with Crippen LogP contribution in [0.4, 0.5) is 0 Å². The van der Waals surface area contributed by atoms with Gasteiger partial charge in [-0.05, 0) is 48.9 Å². The van der Waals surface area contributed by atoms with Crippen LogP contribution in [0.5, 0.6) is 0 Å². The van der Waals surface area contributed by atoms with Crippen LogP contribution in [-0.4, -0.2) is 32.2 Å². The average Bonchev–Trinajstić information content (AvgIpc) is 3.21. The van der Waals surface area contributed by atoms with E-state index in [9.17, 15) is 4.79 Å². The molecular weight excluding hydrogens is 264 g/mol. The van der Waals surface area contributed by atoms with E-state index in [4.69, 9.17) is 10.5 Å². The van der Waals surface area contributed by atoms with Gasteiger partial charge in [-0.25, -0.2) is 0 Å². The minimum Gasteiger partial charge on any atom is -0.385 e. The van der Waals surface area contributed by atoms with E-state index in [-0.39, 0.29) is 23.3 Å². The van der Waals surface area contributed by atoms with Gasteiger partial charge in [-0.15, -0.1) is 0 Å². The number of hydrogen-bond acceptors (Lipinski definition) is 3. The third-order valence-electron chi connectivity index (χ3n) is 6.25. The highest BCUT2D eigenvalue weighted by Crippen LogP contribution is 2.49. The third kappa shape index (κ3) is 3.59. The van der Waals surface area contributed by atoms with E-state index in [0.29, 0.717) is 11.3 Å². The molecule has 2 rings (SSSR count). The van der Waals surface area contributed by atoms with Crippen molar-refractivity contribution in [2.45, 2.75) is 58.9 Å². The lowest BCUT2D eigenvalue weighted by Gasteiger charge is -2.46. The van der Waals surface area contributed by atoms with Crippen molar-refractivity contribution in [3.05, 3.63) is 0 Å². The predicted octanol–water partition coefficient (Wildman–Crippen LogP) is 2.32. The van der Waals surface area contributed by atoms with Gasteiger partial charge in [0.05, 0.1) is 0 Å². The van der Waals surface area contributed by atoms with Crippen molar-refractivity contribution in [2.24, 2.45) is 28.4 Å². The molecule has 2 aliphatic rings. The summed E-state index contributed by atoms with van der Waals surface area (Å²) < 4.78 is 5.17. The van der Waals surface area contributed by atoms with E-state index >= 15 is 0 Å². The molecule has 3 unspecified atom stereocenters. The van der Waals surface area contributed by atoms with E-state index in [1.807, 2.05) is 0 Å². The zero-order valence-electron chi connectivity index (χ0n) is 14.1. The van der Waals surface area contributed by atoms with Crippen LogP contribution >= 0.6 is 0 Å². The Labute approximate surface area is 129 Å². The number of carbonyl (C=O) groups is 1. The van der Waals surface area contributed by atoms with Gasteiger partial charge in [0.2, 0.25) is 5.91 Å². The van der Waals surface area contributed by atoms with Crippen molar-refractivity contribution in [3.63, 3.8) is 0 Å². The van der Waals surface area contributed by atoms with Gasteiger partial charge < -0.3 is 15.8 Å². The highest BCUT2D eigenvalue weighted by molar-refractivity contribution is 5.79. The van der Waals surface area contributed by atoms with Gasteiger partial charge in [-0.3, -0.25) is 4.79 Å². The first-order valence-electron chi connectivity index (χ1n) is 8.35. The first-order chi connectivity index (χ1) is 9.82. The van der Waals surface area contributed by atoms with Gasteiger partial charge >= 0.3 is 0 Å². The molecule has 2 saturated carbocycles. The predicted molar refractivity (Wildman–Crippen MR) is 84.8 cm³/mol. The molecule has 4 nitrogen and oxygen atoms in total. The summed E-state index contributed by atoms with van der Waals surface area (Å²) in [7, 11) is 1.74. The number of nitrogens with two attached hydrogens (primary N) is 1. The second-order valence-corrected chi connectivity index (χ2v) is 7.86. The fourth-order valence-electron chi connectivity index (χ4n) is 3.73. The summed E-state index contributed by atoms with van der Waals surface area (Å²) in [5.74, 6) is 0.693. The Hall–Kier alpha value is -0.610. The topological polar surface area (TPSA) is 64.3 Å². The third-order valence-corrected chi connectivity index (χ3v) is 6.25. The van der Waals surface area contributed by atoms with Gasteiger partial charge in [-0.2, -0.15) is 0 Å². The summed E-state index contributed by atoms with van der Waals surface area (Å²) in [6, 6.07) is 0.223. The molecule has 0 saturated heterocycles. The Morgan fingerprint density at radius 2 is 2.00 bits per heavy atom. The average molecular weight is 296 g/mol. The second-order valence-electron chi connectivity index (χ2n) is 7.86. The van der Waals surface area contributed by atoms with E-state index in [1.165, 1.54) is 12.8 Å². The maximum Gasteiger partial charge on any atom is 0.223 e. The van der Waals surface area contributed by atoms with Crippen molar-refractivity contribution in [2.75, 3.05) is 20.3 Å². The number of ether oxygens (including phenoxy) is 1. The van der Waals surface area contributed by atoms with Gasteiger partial charge in [0, 0.05) is 32.2 Å². The monoisotopic (exact) mass is 296 g/mol. The zero-order valence-corrected chi connectivity index (χ0v) is 14.1. The number of amides is 1. The number of methoxy groups -OCH3 is 1. The maximum absolute atomic E-state index is 12.6. The Kier molecular flexibility index (Phi) is 4.99. The zero-order chi connectivity index (χ0) is 15.7. The summed E-state index contributed by atoms with van der Waals surface area (Å²) in [5.41, 5.74) is 6.47. The Bertz CT molecular complexity index is 377. The molecule has 2 fully saturated rings. The Morgan fingerprint density at radius 3 is 2.57 bits per heavy atom. The minimum absolute atomic E-state index is 0.0228. The van der Waals surface area contributed by atoms with Crippen LogP contribution in [0.15, 0.2) is 0 Å². The summed E-state index contributed by atoms with van der Waals surface area (Å²) in [6.07, 6.45) is 5.35. The molecule has 0 aliphatic heterocycles. The fourth-order valence-corrected chi connectivity index (χ4v) is 3.73. The molecule has 0 aromatic heterocycles. The first-order valence-corrected chi connectivity index (χ1v) is 8.35. The standard InChI is InChI=1S/C17H32N2O2/c1-12-14(18)6-5-13(16(12,2)3)15(20)19-11-17(7-8-17)9-10-21-4/h12-14H,5-11,18H2,1-4H3,(H,19,20). The molecule has 3 N–H and O–H groups in total. The SMILES string of the molecule is COCCC1(CNC(=O)C2CCC(N)C(C)C2(C)C)CC1. The fraction of sp³-hybridized carbons (Fsp3) is 0.941. The van der Waals surface area contributed by atoms with Gasteiger partial charge in [0.15, 0.2) is 0 Å². The number of hydrogen-bond donors (Lipinski definition) is 2. The quantitative estimate of drug-likeness (QED) is 0.790. The van der Waals surface area contributed by atoms with Gasteiger partial charge in [0.25, 0.3) is 0 Å². The lowest BCUT2D eigenvalue weighted by Crippen LogP contribution is -2.52. The summed E-state index contributed by atoms with van der Waals surface area (Å²) in [6.45, 7) is 8.17. The summed E-state index contributed by atoms with van der Waals surface area (Å²) in [4.78, 5) is 12.6. The minimum atomic E-state index is -0.0228. The van der Waals surface area contributed by atoms with Crippen LogP contribution in [0.2, 0.25) is 0 Å². The lowest BCUT2D eigenvalue weighted by molar-refractivity contribution is -0.132. The van der Waals surface area contributed by atoms with Crippen LogP contribution in [0, 0.1) is 22.7 Å². The summed E-state index contributed by atoms with van der Waals surface area (Å²) in [5, 5.41) is 3.22. The molecular formula is C17H32N2O2. The van der Waals surface area contributed by atoms with Crippen molar-refractivity contribution >= 4 is 5.91 Å². The lowest BCUT2D eigenvalue weighted by atomic mass is 9.61. The molecule has 122 valence electrons. The van der Waals surface area contributed by atoms with Crippen LogP contribution in [-0.2, 0) is 9.53 Å². The molecule has 2 aliphatic carbocycles. The first kappa shape index (κ1) is 16.8. The molecule has 0 aromatic rings. The van der Waals surface area contributed by atoms with E-state index in [0.717, 1.165) is 32.4 Å². The molecule has 3 atom stereocenters. The Morgan fingerprint density at radius 1 is 1.33 bits per heavy atom. The smallest absolute Gasteiger partial charge is 0.223 e. The van der Waals surface area contributed by atoms with E-state index in [2.05, 4.69) is 26.1 Å². The Balaban J connectivity index is 1.88. The molecule has 0 bridgehead atoms. The molecule has 4 heteroatoms. The second kappa shape index (κ2) is 6.25. The molecule has 0 aromatic carbocycles. The molecule has 0 radical (unpaired) electrons. The number of carbonyl (C=O) groups excluding carboxylic acids is 1. The molecule has 21 heavy (non-hydrogen) atoms. The number of rotatable bonds is 6. The highest BCUT2D eigenvalue weighted by Gasteiger charge is 2.46. The van der Waals surface area contributed by atoms with E-state index < -0.39 is 0 Å². The maximum atomic E-state index is 12.6. The van der Waals surface area contributed by atoms with Gasteiger partial charge in [0.1, 0.15) is 0 Å². The normalized spacial score (nSPS) is 33.5. The molecule has 0 spiro atoms. The van der Waals surface area contributed by atoms with Crippen molar-refractivity contribution in [1.29, 1.82) is 0 Å². The van der Waals surface area contributed by atoms with Crippen LogP contribution in [0.1, 0.15) is 52.9 Å². The van der Waals surface area contributed by atoms with Crippen molar-refractivity contribution in [1.82, 2.24) is 5.32 Å². The van der Waals surface area contributed by atoms with Crippen LogP contribution < -0.4 is 11.1 Å².